The molecule has 0 spiro atoms. The summed E-state index contributed by atoms with van der Waals surface area (Å²) in [5.74, 6) is 2.06. The number of hydrogen-bond acceptors (Lipinski definition) is 3. The third-order valence-corrected chi connectivity index (χ3v) is 5.21. The van der Waals surface area contributed by atoms with E-state index >= 15 is 0 Å². The van der Waals surface area contributed by atoms with Crippen LogP contribution in [0.25, 0.3) is 0 Å². The molecule has 3 N–H and O–H groups in total. The van der Waals surface area contributed by atoms with Crippen LogP contribution < -0.4 is 16.0 Å². The standard InChI is InChI=1S/C19H34N4O2.HI/c1-2-20-19(21-10-11-25-13-14-6-7-14)23-17-5-3-4-15(12-17)18(24)22-16-8-9-16;/h14-17H,2-13H2,1H3,(H,22,24)(H2,20,21,23);1H. The fraction of sp³-hybridized carbons (Fsp3) is 0.895. The third kappa shape index (κ3) is 7.98. The molecule has 150 valence electrons. The van der Waals surface area contributed by atoms with Crippen molar-refractivity contribution in [1.82, 2.24) is 16.0 Å². The lowest BCUT2D eigenvalue weighted by Crippen LogP contribution is -2.47. The topological polar surface area (TPSA) is 74.8 Å². The molecule has 0 aliphatic heterocycles. The number of rotatable bonds is 9. The van der Waals surface area contributed by atoms with Crippen LogP contribution in [0.1, 0.15) is 58.3 Å². The molecule has 2 atom stereocenters. The Morgan fingerprint density at radius 1 is 1.08 bits per heavy atom. The van der Waals surface area contributed by atoms with Gasteiger partial charge in [-0.3, -0.25) is 9.79 Å². The molecular weight excluding hydrogens is 443 g/mol. The Hall–Kier alpha value is -0.570. The van der Waals surface area contributed by atoms with E-state index in [4.69, 9.17) is 4.74 Å². The molecule has 0 saturated heterocycles. The van der Waals surface area contributed by atoms with Crippen LogP contribution in [0.2, 0.25) is 0 Å². The van der Waals surface area contributed by atoms with E-state index in [0.717, 1.165) is 63.6 Å². The van der Waals surface area contributed by atoms with Gasteiger partial charge in [0.1, 0.15) is 0 Å². The SMILES string of the molecule is CCNC(=NCCOCC1CC1)NC1CCCC(C(=O)NC2CC2)C1.I. The van der Waals surface area contributed by atoms with Gasteiger partial charge in [0.15, 0.2) is 5.96 Å². The molecule has 3 rings (SSSR count). The van der Waals surface area contributed by atoms with Gasteiger partial charge in [0.05, 0.1) is 13.2 Å². The Kier molecular flexibility index (Phi) is 9.45. The maximum atomic E-state index is 12.3. The maximum Gasteiger partial charge on any atom is 0.223 e. The molecular formula is C19H35IN4O2. The van der Waals surface area contributed by atoms with Crippen molar-refractivity contribution in [2.75, 3.05) is 26.3 Å². The molecule has 3 fully saturated rings. The first-order chi connectivity index (χ1) is 12.2. The summed E-state index contributed by atoms with van der Waals surface area (Å²) in [4.78, 5) is 16.9. The predicted octanol–water partition coefficient (Wildman–Crippen LogP) is 2.42. The summed E-state index contributed by atoms with van der Waals surface area (Å²) >= 11 is 0. The average Bonchev–Trinajstić information content (AvgIpc) is 3.50. The molecule has 7 heteroatoms. The molecule has 0 aromatic carbocycles. The molecule has 0 aromatic heterocycles. The molecule has 0 heterocycles. The van der Waals surface area contributed by atoms with Crippen LogP contribution in [0.5, 0.6) is 0 Å². The number of aliphatic imine (C=N–C) groups is 1. The van der Waals surface area contributed by atoms with Crippen LogP contribution >= 0.6 is 24.0 Å². The number of hydrogen-bond donors (Lipinski definition) is 3. The molecule has 26 heavy (non-hydrogen) atoms. The van der Waals surface area contributed by atoms with Crippen LogP contribution in [0.4, 0.5) is 0 Å². The summed E-state index contributed by atoms with van der Waals surface area (Å²) in [6.07, 6.45) is 9.08. The van der Waals surface area contributed by atoms with Gasteiger partial charge in [-0.15, -0.1) is 24.0 Å². The minimum absolute atomic E-state index is 0. The van der Waals surface area contributed by atoms with Crippen LogP contribution in [-0.4, -0.2) is 50.3 Å². The van der Waals surface area contributed by atoms with Gasteiger partial charge in [-0.1, -0.05) is 6.42 Å². The van der Waals surface area contributed by atoms with Gasteiger partial charge in [0.2, 0.25) is 5.91 Å². The number of nitrogens with one attached hydrogen (secondary N) is 3. The highest BCUT2D eigenvalue weighted by atomic mass is 127. The Morgan fingerprint density at radius 3 is 2.58 bits per heavy atom. The maximum absolute atomic E-state index is 12.3. The summed E-state index contributed by atoms with van der Waals surface area (Å²) in [5.41, 5.74) is 0. The molecule has 3 aliphatic carbocycles. The number of ether oxygens (including phenoxy) is 1. The Balaban J connectivity index is 0.00000243. The van der Waals surface area contributed by atoms with Crippen molar-refractivity contribution in [2.24, 2.45) is 16.8 Å². The summed E-state index contributed by atoms with van der Waals surface area (Å²) in [6.45, 7) is 5.17. The van der Waals surface area contributed by atoms with Crippen LogP contribution in [0, 0.1) is 11.8 Å². The van der Waals surface area contributed by atoms with E-state index < -0.39 is 0 Å². The molecule has 6 nitrogen and oxygen atoms in total. The summed E-state index contributed by atoms with van der Waals surface area (Å²) in [6, 6.07) is 0.782. The second-order valence-corrected chi connectivity index (χ2v) is 7.77. The Labute approximate surface area is 174 Å². The fourth-order valence-electron chi connectivity index (χ4n) is 3.38. The number of guanidine groups is 1. The van der Waals surface area contributed by atoms with Crippen molar-refractivity contribution in [2.45, 2.75) is 70.4 Å². The normalized spacial score (nSPS) is 26.0. The van der Waals surface area contributed by atoms with Gasteiger partial charge in [0, 0.05) is 31.2 Å². The monoisotopic (exact) mass is 478 g/mol. The minimum Gasteiger partial charge on any atom is -0.379 e. The number of amides is 1. The molecule has 0 aromatic rings. The van der Waals surface area contributed by atoms with Crippen LogP contribution in [0.3, 0.4) is 0 Å². The van der Waals surface area contributed by atoms with E-state index in [0.29, 0.717) is 25.2 Å². The second kappa shape index (κ2) is 11.3. The number of nitrogens with zero attached hydrogens (tertiary/aromatic N) is 1. The quantitative estimate of drug-likeness (QED) is 0.206. The van der Waals surface area contributed by atoms with E-state index in [-0.39, 0.29) is 35.8 Å². The van der Waals surface area contributed by atoms with Crippen LogP contribution in [0.15, 0.2) is 4.99 Å². The highest BCUT2D eigenvalue weighted by Crippen LogP contribution is 2.28. The van der Waals surface area contributed by atoms with E-state index in [1.807, 2.05) is 0 Å². The molecule has 1 amide bonds. The number of halogens is 1. The van der Waals surface area contributed by atoms with Gasteiger partial charge in [0.25, 0.3) is 0 Å². The van der Waals surface area contributed by atoms with Gasteiger partial charge in [-0.2, -0.15) is 0 Å². The second-order valence-electron chi connectivity index (χ2n) is 7.77. The molecule has 3 aliphatic rings. The lowest BCUT2D eigenvalue weighted by Gasteiger charge is -2.30. The highest BCUT2D eigenvalue weighted by Gasteiger charge is 2.31. The third-order valence-electron chi connectivity index (χ3n) is 5.21. The molecule has 0 radical (unpaired) electrons. The summed E-state index contributed by atoms with van der Waals surface area (Å²) < 4.78 is 5.65. The van der Waals surface area contributed by atoms with Crippen molar-refractivity contribution >= 4 is 35.8 Å². The molecule has 0 bridgehead atoms. The zero-order chi connectivity index (χ0) is 17.5. The first kappa shape index (κ1) is 21.7. The average molecular weight is 478 g/mol. The van der Waals surface area contributed by atoms with Crippen molar-refractivity contribution in [3.05, 3.63) is 0 Å². The number of carbonyl (C=O) groups is 1. The zero-order valence-corrected chi connectivity index (χ0v) is 18.3. The highest BCUT2D eigenvalue weighted by molar-refractivity contribution is 14.0. The Morgan fingerprint density at radius 2 is 1.88 bits per heavy atom. The van der Waals surface area contributed by atoms with Gasteiger partial charge < -0.3 is 20.7 Å². The van der Waals surface area contributed by atoms with Gasteiger partial charge in [-0.25, -0.2) is 0 Å². The van der Waals surface area contributed by atoms with Crippen molar-refractivity contribution < 1.29 is 9.53 Å². The molecule has 2 unspecified atom stereocenters. The van der Waals surface area contributed by atoms with Crippen LogP contribution in [-0.2, 0) is 9.53 Å². The smallest absolute Gasteiger partial charge is 0.223 e. The van der Waals surface area contributed by atoms with Crippen molar-refractivity contribution in [1.29, 1.82) is 0 Å². The minimum atomic E-state index is 0. The van der Waals surface area contributed by atoms with E-state index in [9.17, 15) is 4.79 Å². The van der Waals surface area contributed by atoms with E-state index in [1.165, 1.54) is 12.8 Å². The zero-order valence-electron chi connectivity index (χ0n) is 16.0. The predicted molar refractivity (Wildman–Crippen MR) is 115 cm³/mol. The number of carbonyl (C=O) groups excluding carboxylic acids is 1. The largest absolute Gasteiger partial charge is 0.379 e. The lowest BCUT2D eigenvalue weighted by molar-refractivity contribution is -0.126. The lowest BCUT2D eigenvalue weighted by atomic mass is 9.85. The summed E-state index contributed by atoms with van der Waals surface area (Å²) in [5, 5.41) is 9.99. The van der Waals surface area contributed by atoms with E-state index in [1.54, 1.807) is 0 Å². The van der Waals surface area contributed by atoms with Gasteiger partial charge >= 0.3 is 0 Å². The first-order valence-corrected chi connectivity index (χ1v) is 10.2. The van der Waals surface area contributed by atoms with E-state index in [2.05, 4.69) is 27.9 Å². The summed E-state index contributed by atoms with van der Waals surface area (Å²) in [7, 11) is 0. The van der Waals surface area contributed by atoms with Crippen molar-refractivity contribution in [3.63, 3.8) is 0 Å². The van der Waals surface area contributed by atoms with Gasteiger partial charge in [-0.05, 0) is 57.8 Å². The first-order valence-electron chi connectivity index (χ1n) is 10.2. The Bertz CT molecular complexity index is 466. The van der Waals surface area contributed by atoms with Crippen molar-refractivity contribution in [3.8, 4) is 0 Å². The molecule has 3 saturated carbocycles. The fourth-order valence-corrected chi connectivity index (χ4v) is 3.38.